The average molecular weight is 340 g/mol. The van der Waals surface area contributed by atoms with Crippen LogP contribution in [0.1, 0.15) is 34.6 Å². The Morgan fingerprint density at radius 2 is 1.96 bits per heavy atom. The van der Waals surface area contributed by atoms with Crippen LogP contribution in [0.25, 0.3) is 5.65 Å². The maximum Gasteiger partial charge on any atom is 0.224 e. The Morgan fingerprint density at radius 3 is 2.72 bits per heavy atom. The molecule has 2 aromatic heterocycles. The average Bonchev–Trinajstić information content (AvgIpc) is 2.91. The second-order valence-corrected chi connectivity index (χ2v) is 6.32. The van der Waals surface area contributed by atoms with E-state index in [2.05, 4.69) is 15.4 Å². The topological polar surface area (TPSA) is 59.3 Å². The van der Waals surface area contributed by atoms with Crippen LogP contribution in [0.15, 0.2) is 24.3 Å². The van der Waals surface area contributed by atoms with Crippen molar-refractivity contribution in [3.05, 3.63) is 58.3 Å². The smallest absolute Gasteiger partial charge is 0.224 e. The molecular weight excluding hydrogens is 319 g/mol. The second kappa shape index (κ2) is 6.63. The summed E-state index contributed by atoms with van der Waals surface area (Å²) in [5.41, 5.74) is 5.97. The molecule has 0 aliphatic heterocycles. The van der Waals surface area contributed by atoms with E-state index in [4.69, 9.17) is 0 Å². The highest BCUT2D eigenvalue weighted by atomic mass is 19.1. The Bertz CT molecular complexity index is 962. The first kappa shape index (κ1) is 17.1. The summed E-state index contributed by atoms with van der Waals surface area (Å²) < 4.78 is 15.1. The van der Waals surface area contributed by atoms with Crippen LogP contribution in [0.2, 0.25) is 0 Å². The van der Waals surface area contributed by atoms with Gasteiger partial charge >= 0.3 is 0 Å². The van der Waals surface area contributed by atoms with Crippen LogP contribution in [0.3, 0.4) is 0 Å². The van der Waals surface area contributed by atoms with Crippen molar-refractivity contribution in [1.29, 1.82) is 0 Å². The van der Waals surface area contributed by atoms with Crippen molar-refractivity contribution in [3.63, 3.8) is 0 Å². The molecule has 1 aromatic carbocycles. The summed E-state index contributed by atoms with van der Waals surface area (Å²) in [4.78, 5) is 16.8. The van der Waals surface area contributed by atoms with Gasteiger partial charge in [0.05, 0.1) is 5.69 Å². The molecule has 3 rings (SSSR count). The number of amides is 1. The normalized spacial score (nSPS) is 11.1. The van der Waals surface area contributed by atoms with E-state index in [1.807, 2.05) is 38.3 Å². The number of aryl methyl sites for hydroxylation is 4. The molecule has 6 heteroatoms. The summed E-state index contributed by atoms with van der Waals surface area (Å²) in [5.74, 6) is -0.513. The number of hydrogen-bond donors (Lipinski definition) is 1. The number of fused-ring (bicyclic) bond motifs is 1. The molecule has 3 aromatic rings. The number of aromatic nitrogens is 3. The molecule has 0 saturated carbocycles. The van der Waals surface area contributed by atoms with Crippen molar-refractivity contribution in [2.24, 2.45) is 0 Å². The van der Waals surface area contributed by atoms with Gasteiger partial charge in [-0.15, -0.1) is 0 Å². The summed E-state index contributed by atoms with van der Waals surface area (Å²) in [7, 11) is 0. The minimum Gasteiger partial charge on any atom is -0.326 e. The van der Waals surface area contributed by atoms with Gasteiger partial charge in [-0.1, -0.05) is 6.07 Å². The highest BCUT2D eigenvalue weighted by Crippen LogP contribution is 2.19. The lowest BCUT2D eigenvalue weighted by Crippen LogP contribution is -2.15. The molecule has 0 aliphatic rings. The van der Waals surface area contributed by atoms with E-state index in [0.29, 0.717) is 18.5 Å². The summed E-state index contributed by atoms with van der Waals surface area (Å²) >= 11 is 0. The molecule has 0 fully saturated rings. The molecule has 0 spiro atoms. The fourth-order valence-corrected chi connectivity index (χ4v) is 2.98. The van der Waals surface area contributed by atoms with Crippen LogP contribution in [0.4, 0.5) is 10.1 Å². The lowest BCUT2D eigenvalue weighted by molar-refractivity contribution is -0.116. The Balaban J connectivity index is 1.76. The SMILES string of the molecule is Cc1cc2nc(C)c(CCC(=O)Nc3cc(F)ccc3C)c(C)n2n1. The molecule has 5 nitrogen and oxygen atoms in total. The Hall–Kier alpha value is -2.76. The van der Waals surface area contributed by atoms with E-state index < -0.39 is 0 Å². The number of nitrogens with one attached hydrogen (secondary N) is 1. The third-order valence-corrected chi connectivity index (χ3v) is 4.36. The summed E-state index contributed by atoms with van der Waals surface area (Å²) in [6.45, 7) is 7.69. The maximum atomic E-state index is 13.3. The molecule has 0 unspecified atom stereocenters. The summed E-state index contributed by atoms with van der Waals surface area (Å²) in [5, 5.41) is 7.22. The zero-order chi connectivity index (χ0) is 18.1. The Labute approximate surface area is 145 Å². The summed E-state index contributed by atoms with van der Waals surface area (Å²) in [6, 6.07) is 6.30. The highest BCUT2D eigenvalue weighted by molar-refractivity contribution is 5.91. The van der Waals surface area contributed by atoms with E-state index in [0.717, 1.165) is 33.9 Å². The number of rotatable bonds is 4. The fourth-order valence-electron chi connectivity index (χ4n) is 2.98. The Morgan fingerprint density at radius 1 is 1.20 bits per heavy atom. The van der Waals surface area contributed by atoms with Crippen molar-refractivity contribution in [2.45, 2.75) is 40.5 Å². The van der Waals surface area contributed by atoms with Gasteiger partial charge in [0, 0.05) is 29.6 Å². The van der Waals surface area contributed by atoms with Gasteiger partial charge in [0.1, 0.15) is 5.82 Å². The Kier molecular flexibility index (Phi) is 4.53. The minimum absolute atomic E-state index is 0.149. The fraction of sp³-hybridized carbons (Fsp3) is 0.316. The van der Waals surface area contributed by atoms with Crippen molar-refractivity contribution in [3.8, 4) is 0 Å². The summed E-state index contributed by atoms with van der Waals surface area (Å²) in [6.07, 6.45) is 0.852. The van der Waals surface area contributed by atoms with Crippen LogP contribution < -0.4 is 5.32 Å². The number of carbonyl (C=O) groups excluding carboxylic acids is 1. The molecule has 0 aliphatic carbocycles. The highest BCUT2D eigenvalue weighted by Gasteiger charge is 2.13. The number of hydrogen-bond acceptors (Lipinski definition) is 3. The van der Waals surface area contributed by atoms with E-state index in [1.54, 1.807) is 6.07 Å². The third kappa shape index (κ3) is 3.52. The van der Waals surface area contributed by atoms with E-state index in [9.17, 15) is 9.18 Å². The molecule has 0 bridgehead atoms. The third-order valence-electron chi connectivity index (χ3n) is 4.36. The molecule has 2 heterocycles. The molecule has 25 heavy (non-hydrogen) atoms. The van der Waals surface area contributed by atoms with Crippen molar-refractivity contribution in [2.75, 3.05) is 5.32 Å². The van der Waals surface area contributed by atoms with Crippen LogP contribution in [-0.2, 0) is 11.2 Å². The van der Waals surface area contributed by atoms with E-state index in [1.165, 1.54) is 12.1 Å². The van der Waals surface area contributed by atoms with Gasteiger partial charge in [-0.2, -0.15) is 5.10 Å². The van der Waals surface area contributed by atoms with Crippen molar-refractivity contribution < 1.29 is 9.18 Å². The van der Waals surface area contributed by atoms with Crippen LogP contribution in [0, 0.1) is 33.5 Å². The molecular formula is C19H21FN4O. The van der Waals surface area contributed by atoms with Gasteiger partial charge in [0.15, 0.2) is 5.65 Å². The van der Waals surface area contributed by atoms with E-state index in [-0.39, 0.29) is 11.7 Å². The number of carbonyl (C=O) groups is 1. The van der Waals surface area contributed by atoms with E-state index >= 15 is 0 Å². The first-order valence-corrected chi connectivity index (χ1v) is 8.23. The van der Waals surface area contributed by atoms with Crippen molar-refractivity contribution in [1.82, 2.24) is 14.6 Å². The second-order valence-electron chi connectivity index (χ2n) is 6.32. The van der Waals surface area contributed by atoms with Gasteiger partial charge in [0.2, 0.25) is 5.91 Å². The van der Waals surface area contributed by atoms with Gasteiger partial charge < -0.3 is 5.32 Å². The minimum atomic E-state index is -0.365. The van der Waals surface area contributed by atoms with Crippen LogP contribution >= 0.6 is 0 Å². The van der Waals surface area contributed by atoms with Crippen molar-refractivity contribution >= 4 is 17.2 Å². The van der Waals surface area contributed by atoms with Gasteiger partial charge in [-0.05, 0) is 57.4 Å². The molecule has 0 radical (unpaired) electrons. The van der Waals surface area contributed by atoms with Crippen LogP contribution in [0.5, 0.6) is 0 Å². The molecule has 1 N–H and O–H groups in total. The number of halogens is 1. The van der Waals surface area contributed by atoms with Gasteiger partial charge in [-0.25, -0.2) is 13.9 Å². The lowest BCUT2D eigenvalue weighted by atomic mass is 10.1. The molecule has 0 atom stereocenters. The standard InChI is InChI=1S/C19H21FN4O/c1-11-5-6-15(20)10-17(11)22-19(25)8-7-16-13(3)21-18-9-12(2)23-24(18)14(16)4/h5-6,9-10H,7-8H2,1-4H3,(H,22,25). The largest absolute Gasteiger partial charge is 0.326 e. The predicted octanol–water partition coefficient (Wildman–Crippen LogP) is 3.67. The first-order chi connectivity index (χ1) is 11.8. The first-order valence-electron chi connectivity index (χ1n) is 8.23. The van der Waals surface area contributed by atoms with Gasteiger partial charge in [-0.3, -0.25) is 4.79 Å². The maximum absolute atomic E-state index is 13.3. The zero-order valence-corrected chi connectivity index (χ0v) is 14.9. The van der Waals surface area contributed by atoms with Gasteiger partial charge in [0.25, 0.3) is 0 Å². The molecule has 1 amide bonds. The predicted molar refractivity (Wildman–Crippen MR) is 95.3 cm³/mol. The number of benzene rings is 1. The number of nitrogens with zero attached hydrogens (tertiary/aromatic N) is 3. The monoisotopic (exact) mass is 340 g/mol. The molecule has 130 valence electrons. The molecule has 0 saturated heterocycles. The van der Waals surface area contributed by atoms with Crippen LogP contribution in [-0.4, -0.2) is 20.5 Å². The number of anilines is 1. The zero-order valence-electron chi connectivity index (χ0n) is 14.9. The lowest BCUT2D eigenvalue weighted by Gasteiger charge is -2.12. The quantitative estimate of drug-likeness (QED) is 0.788.